The maximum Gasteiger partial charge on any atom is 0.244 e. The minimum atomic E-state index is -0.467. The Kier molecular flexibility index (Phi) is 2.09. The average Bonchev–Trinajstić information content (AvgIpc) is 2.08. The molecule has 0 aromatic heterocycles. The molecule has 0 amide bonds. The molecule has 0 aromatic rings. The molecule has 1 aliphatic rings. The minimum absolute atomic E-state index is 0.467. The van der Waals surface area contributed by atoms with E-state index in [0.29, 0.717) is 0 Å². The van der Waals surface area contributed by atoms with Gasteiger partial charge in [-0.15, -0.1) is 0 Å². The molecule has 0 radical (unpaired) electrons. The molecule has 3 heteroatoms. The highest BCUT2D eigenvalue weighted by Gasteiger charge is 2.27. The first kappa shape index (κ1) is 8.40. The van der Waals surface area contributed by atoms with E-state index in [1.165, 1.54) is 0 Å². The first-order valence-corrected chi connectivity index (χ1v) is 3.70. The van der Waals surface area contributed by atoms with Crippen LogP contribution in [0, 0.1) is 0 Å². The summed E-state index contributed by atoms with van der Waals surface area (Å²) in [6.45, 7) is 4.59. The number of rotatable bonds is 2. The smallest absolute Gasteiger partial charge is 0.244 e. The van der Waals surface area contributed by atoms with Crippen LogP contribution in [0.25, 0.3) is 0 Å². The van der Waals surface area contributed by atoms with Gasteiger partial charge in [-0.05, 0) is 14.1 Å². The van der Waals surface area contributed by atoms with Crippen molar-refractivity contribution in [1.82, 2.24) is 4.90 Å². The summed E-state index contributed by atoms with van der Waals surface area (Å²) in [5.74, 6) is 0.422. The molecule has 0 aromatic carbocycles. The molecule has 0 aliphatic carbocycles. The second kappa shape index (κ2) is 2.74. The zero-order valence-corrected chi connectivity index (χ0v) is 7.55. The molecular formula is C8H15NO2. The lowest BCUT2D eigenvalue weighted by molar-refractivity contribution is -0.118. The molecule has 1 aliphatic heterocycles. The van der Waals surface area contributed by atoms with Crippen molar-refractivity contribution < 1.29 is 9.47 Å². The van der Waals surface area contributed by atoms with Crippen LogP contribution < -0.4 is 0 Å². The summed E-state index contributed by atoms with van der Waals surface area (Å²) in [5.41, 5.74) is 0. The maximum atomic E-state index is 5.46. The molecule has 1 rings (SSSR count). The zero-order chi connectivity index (χ0) is 8.48. The van der Waals surface area contributed by atoms with E-state index in [-0.39, 0.29) is 0 Å². The van der Waals surface area contributed by atoms with Gasteiger partial charge in [-0.25, -0.2) is 0 Å². The summed E-state index contributed by atoms with van der Waals surface area (Å²) in [6.07, 6.45) is 1.68. The third-order valence-corrected chi connectivity index (χ3v) is 1.32. The Morgan fingerprint density at radius 2 is 2.09 bits per heavy atom. The Morgan fingerprint density at radius 1 is 1.45 bits per heavy atom. The van der Waals surface area contributed by atoms with Crippen LogP contribution >= 0.6 is 0 Å². The van der Waals surface area contributed by atoms with Gasteiger partial charge in [0.15, 0.2) is 0 Å². The number of nitrogens with zero attached hydrogens (tertiary/aromatic N) is 1. The topological polar surface area (TPSA) is 21.7 Å². The predicted molar refractivity (Wildman–Crippen MR) is 42.9 cm³/mol. The SMILES string of the molecule is CN(C)CC1=COC(C)(C)O1. The average molecular weight is 157 g/mol. The highest BCUT2D eigenvalue weighted by molar-refractivity contribution is 4.97. The van der Waals surface area contributed by atoms with Gasteiger partial charge in [-0.1, -0.05) is 0 Å². The van der Waals surface area contributed by atoms with Crippen molar-refractivity contribution in [3.05, 3.63) is 12.0 Å². The van der Waals surface area contributed by atoms with E-state index in [0.717, 1.165) is 12.3 Å². The van der Waals surface area contributed by atoms with Crippen LogP contribution in [0.4, 0.5) is 0 Å². The van der Waals surface area contributed by atoms with Gasteiger partial charge >= 0.3 is 0 Å². The van der Waals surface area contributed by atoms with Crippen LogP contribution in [0.2, 0.25) is 0 Å². The molecular weight excluding hydrogens is 142 g/mol. The Hall–Kier alpha value is -0.700. The lowest BCUT2D eigenvalue weighted by atomic mass is 10.4. The van der Waals surface area contributed by atoms with Crippen LogP contribution in [0.3, 0.4) is 0 Å². The van der Waals surface area contributed by atoms with Gasteiger partial charge in [0.2, 0.25) is 5.79 Å². The second-order valence-electron chi connectivity index (χ2n) is 3.44. The second-order valence-corrected chi connectivity index (χ2v) is 3.44. The van der Waals surface area contributed by atoms with Gasteiger partial charge in [0.05, 0.1) is 6.54 Å². The lowest BCUT2D eigenvalue weighted by Gasteiger charge is -2.19. The monoisotopic (exact) mass is 157 g/mol. The number of ether oxygens (including phenoxy) is 2. The van der Waals surface area contributed by atoms with Crippen molar-refractivity contribution >= 4 is 0 Å². The fourth-order valence-corrected chi connectivity index (χ4v) is 0.953. The van der Waals surface area contributed by atoms with Crippen LogP contribution in [0.1, 0.15) is 13.8 Å². The summed E-state index contributed by atoms with van der Waals surface area (Å²) < 4.78 is 10.7. The van der Waals surface area contributed by atoms with Crippen molar-refractivity contribution in [2.24, 2.45) is 0 Å². The normalized spacial score (nSPS) is 21.0. The van der Waals surface area contributed by atoms with Crippen molar-refractivity contribution in [2.45, 2.75) is 19.6 Å². The highest BCUT2D eigenvalue weighted by atomic mass is 16.7. The quantitative estimate of drug-likeness (QED) is 0.600. The fraction of sp³-hybridized carbons (Fsp3) is 0.750. The van der Waals surface area contributed by atoms with E-state index in [9.17, 15) is 0 Å². The minimum Gasteiger partial charge on any atom is -0.457 e. The number of likely N-dealkylation sites (N-methyl/N-ethyl adjacent to an activating group) is 1. The van der Waals surface area contributed by atoms with Crippen LogP contribution in [-0.4, -0.2) is 31.3 Å². The van der Waals surface area contributed by atoms with Gasteiger partial charge in [0.25, 0.3) is 0 Å². The van der Waals surface area contributed by atoms with Gasteiger partial charge in [0.1, 0.15) is 12.0 Å². The van der Waals surface area contributed by atoms with Crippen molar-refractivity contribution in [3.63, 3.8) is 0 Å². The number of hydrogen-bond donors (Lipinski definition) is 0. The molecule has 0 bridgehead atoms. The van der Waals surface area contributed by atoms with Gasteiger partial charge in [-0.3, -0.25) is 0 Å². The van der Waals surface area contributed by atoms with Gasteiger partial charge in [0, 0.05) is 13.8 Å². The Morgan fingerprint density at radius 3 is 2.45 bits per heavy atom. The van der Waals surface area contributed by atoms with E-state index < -0.39 is 5.79 Å². The van der Waals surface area contributed by atoms with E-state index in [4.69, 9.17) is 9.47 Å². The molecule has 0 fully saturated rings. The van der Waals surface area contributed by atoms with Crippen LogP contribution in [0.15, 0.2) is 12.0 Å². The summed E-state index contributed by atoms with van der Waals surface area (Å²) in [4.78, 5) is 2.04. The third kappa shape index (κ3) is 2.42. The van der Waals surface area contributed by atoms with E-state index in [1.807, 2.05) is 32.8 Å². The zero-order valence-electron chi connectivity index (χ0n) is 7.55. The Bertz CT molecular complexity index is 173. The highest BCUT2D eigenvalue weighted by Crippen LogP contribution is 2.23. The molecule has 3 nitrogen and oxygen atoms in total. The van der Waals surface area contributed by atoms with Crippen molar-refractivity contribution in [3.8, 4) is 0 Å². The first-order valence-electron chi connectivity index (χ1n) is 3.70. The summed E-state index contributed by atoms with van der Waals surface area (Å²) in [6, 6.07) is 0. The summed E-state index contributed by atoms with van der Waals surface area (Å²) in [5, 5.41) is 0. The van der Waals surface area contributed by atoms with Crippen molar-refractivity contribution in [1.29, 1.82) is 0 Å². The Balaban J connectivity index is 2.40. The molecule has 1 heterocycles. The van der Waals surface area contributed by atoms with E-state index >= 15 is 0 Å². The Labute approximate surface area is 67.6 Å². The predicted octanol–water partition coefficient (Wildman–Crippen LogP) is 1.17. The van der Waals surface area contributed by atoms with Gasteiger partial charge in [-0.2, -0.15) is 0 Å². The first-order chi connectivity index (χ1) is 4.99. The fourth-order valence-electron chi connectivity index (χ4n) is 0.953. The molecule has 11 heavy (non-hydrogen) atoms. The van der Waals surface area contributed by atoms with E-state index in [1.54, 1.807) is 6.26 Å². The van der Waals surface area contributed by atoms with Crippen LogP contribution in [0.5, 0.6) is 0 Å². The summed E-state index contributed by atoms with van der Waals surface area (Å²) in [7, 11) is 3.99. The molecule has 64 valence electrons. The standard InChI is InChI=1S/C8H15NO2/c1-8(2)10-6-7(11-8)5-9(3)4/h6H,5H2,1-4H3. The summed E-state index contributed by atoms with van der Waals surface area (Å²) >= 11 is 0. The molecule has 0 saturated carbocycles. The molecule has 0 unspecified atom stereocenters. The molecule has 0 atom stereocenters. The molecule has 0 saturated heterocycles. The van der Waals surface area contributed by atoms with E-state index in [2.05, 4.69) is 0 Å². The largest absolute Gasteiger partial charge is 0.457 e. The molecule has 0 N–H and O–H groups in total. The van der Waals surface area contributed by atoms with Crippen LogP contribution in [-0.2, 0) is 9.47 Å². The third-order valence-electron chi connectivity index (χ3n) is 1.32. The van der Waals surface area contributed by atoms with Gasteiger partial charge < -0.3 is 14.4 Å². The van der Waals surface area contributed by atoms with Crippen molar-refractivity contribution in [2.75, 3.05) is 20.6 Å². The lowest BCUT2D eigenvalue weighted by Crippen LogP contribution is -2.23. The maximum absolute atomic E-state index is 5.46. The number of hydrogen-bond acceptors (Lipinski definition) is 3. The molecule has 0 spiro atoms.